The Kier molecular flexibility index (Phi) is 5.39. The largest absolute Gasteiger partial charge is 0.313 e. The molecule has 0 aliphatic carbocycles. The van der Waals surface area contributed by atoms with Crippen LogP contribution in [0.2, 0.25) is 0 Å². The van der Waals surface area contributed by atoms with E-state index in [2.05, 4.69) is 11.0 Å². The van der Waals surface area contributed by atoms with Crippen LogP contribution in [-0.2, 0) is 10.8 Å². The van der Waals surface area contributed by atoms with Gasteiger partial charge >= 0.3 is 0 Å². The van der Waals surface area contributed by atoms with Gasteiger partial charge in [-0.1, -0.05) is 6.92 Å². The smallest absolute Gasteiger partial charge is 0.104 e. The predicted octanol–water partition coefficient (Wildman–Crippen LogP) is 0.462. The second-order valence-electron chi connectivity index (χ2n) is 4.41. The Hall–Kier alpha value is -0.440. The van der Waals surface area contributed by atoms with Crippen molar-refractivity contribution in [2.45, 2.75) is 31.7 Å². The van der Waals surface area contributed by atoms with Gasteiger partial charge in [0.15, 0.2) is 0 Å². The summed E-state index contributed by atoms with van der Waals surface area (Å²) in [6, 6.07) is 2.18. The summed E-state index contributed by atoms with van der Waals surface area (Å²) in [7, 11) is -0.605. The van der Waals surface area contributed by atoms with Crippen molar-refractivity contribution in [3.05, 3.63) is 0 Å². The van der Waals surface area contributed by atoms with Crippen molar-refractivity contribution in [2.24, 2.45) is 5.73 Å². The molecule has 1 aliphatic rings. The minimum absolute atomic E-state index is 0.605. The number of nitrogens with zero attached hydrogens (tertiary/aromatic N) is 2. The summed E-state index contributed by atoms with van der Waals surface area (Å²) in [6.45, 7) is 4.76. The van der Waals surface area contributed by atoms with E-state index in [4.69, 9.17) is 11.0 Å². The van der Waals surface area contributed by atoms with Gasteiger partial charge in [0, 0.05) is 35.4 Å². The number of nitrogens with two attached hydrogens (primary N) is 1. The molecule has 16 heavy (non-hydrogen) atoms. The molecule has 0 aromatic heterocycles. The Balaban J connectivity index is 2.21. The van der Waals surface area contributed by atoms with Crippen molar-refractivity contribution in [1.82, 2.24) is 4.90 Å². The Morgan fingerprint density at radius 3 is 2.62 bits per heavy atom. The van der Waals surface area contributed by atoms with E-state index in [9.17, 15) is 4.21 Å². The second kappa shape index (κ2) is 6.33. The van der Waals surface area contributed by atoms with Crippen molar-refractivity contribution in [3.63, 3.8) is 0 Å². The fourth-order valence-electron chi connectivity index (χ4n) is 1.83. The van der Waals surface area contributed by atoms with E-state index in [1.807, 2.05) is 6.92 Å². The number of hydrogen-bond acceptors (Lipinski definition) is 4. The first-order valence-corrected chi connectivity index (χ1v) is 7.36. The third kappa shape index (κ3) is 4.20. The van der Waals surface area contributed by atoms with E-state index in [0.717, 1.165) is 44.0 Å². The normalized spacial score (nSPS) is 22.6. The zero-order chi connectivity index (χ0) is 12.0. The summed E-state index contributed by atoms with van der Waals surface area (Å²) in [5, 5.41) is 8.93. The van der Waals surface area contributed by atoms with Crippen LogP contribution in [0.1, 0.15) is 26.2 Å². The molecule has 0 saturated carbocycles. The summed E-state index contributed by atoms with van der Waals surface area (Å²) < 4.78 is 11.2. The van der Waals surface area contributed by atoms with E-state index in [0.29, 0.717) is 6.42 Å². The van der Waals surface area contributed by atoms with E-state index in [1.54, 1.807) is 0 Å². The lowest BCUT2D eigenvalue weighted by Gasteiger charge is -2.27. The first-order chi connectivity index (χ1) is 7.59. The van der Waals surface area contributed by atoms with E-state index >= 15 is 0 Å². The molecule has 1 fully saturated rings. The van der Waals surface area contributed by atoms with Crippen molar-refractivity contribution in [3.8, 4) is 6.07 Å². The summed E-state index contributed by atoms with van der Waals surface area (Å²) in [4.78, 5) is 2.31. The fourth-order valence-corrected chi connectivity index (χ4v) is 2.96. The Morgan fingerprint density at radius 2 is 2.12 bits per heavy atom. The molecule has 1 aliphatic heterocycles. The Bertz CT molecular complexity index is 279. The van der Waals surface area contributed by atoms with Crippen LogP contribution in [0.25, 0.3) is 0 Å². The van der Waals surface area contributed by atoms with Crippen molar-refractivity contribution in [1.29, 1.82) is 5.26 Å². The van der Waals surface area contributed by atoms with Crippen molar-refractivity contribution in [2.75, 3.05) is 31.1 Å². The van der Waals surface area contributed by atoms with Crippen LogP contribution >= 0.6 is 0 Å². The van der Waals surface area contributed by atoms with Gasteiger partial charge in [-0.15, -0.1) is 0 Å². The lowest BCUT2D eigenvalue weighted by molar-refractivity contribution is 0.282. The summed E-state index contributed by atoms with van der Waals surface area (Å²) in [5.41, 5.74) is 5.25. The molecule has 1 atom stereocenters. The van der Waals surface area contributed by atoms with Crippen LogP contribution in [0.15, 0.2) is 0 Å². The molecule has 0 amide bonds. The minimum atomic E-state index is -0.654. The molecule has 0 spiro atoms. The highest BCUT2D eigenvalue weighted by Gasteiger charge is 2.22. The molecule has 92 valence electrons. The molecule has 5 heteroatoms. The number of nitriles is 1. The summed E-state index contributed by atoms with van der Waals surface area (Å²) in [5.74, 6) is 1.58. The van der Waals surface area contributed by atoms with Gasteiger partial charge in [-0.05, 0) is 25.8 Å². The molecule has 0 bridgehead atoms. The zero-order valence-corrected chi connectivity index (χ0v) is 10.8. The van der Waals surface area contributed by atoms with Crippen molar-refractivity contribution >= 4 is 10.8 Å². The molecule has 0 aromatic carbocycles. The molecule has 1 rings (SSSR count). The first kappa shape index (κ1) is 13.6. The van der Waals surface area contributed by atoms with Crippen LogP contribution in [0, 0.1) is 11.3 Å². The van der Waals surface area contributed by atoms with Gasteiger partial charge in [0.25, 0.3) is 0 Å². The van der Waals surface area contributed by atoms with Gasteiger partial charge < -0.3 is 10.6 Å². The first-order valence-electron chi connectivity index (χ1n) is 5.87. The maximum absolute atomic E-state index is 11.2. The second-order valence-corrected chi connectivity index (χ2v) is 6.11. The van der Waals surface area contributed by atoms with Crippen LogP contribution in [-0.4, -0.2) is 45.8 Å². The van der Waals surface area contributed by atoms with Crippen LogP contribution in [0.3, 0.4) is 0 Å². The third-order valence-electron chi connectivity index (χ3n) is 3.22. The Labute approximate surface area is 100 Å². The standard InChI is InChI=1S/C11H21N3OS/c1-2-11(13,10-12)4-3-5-14-6-8-16(15)9-7-14/h2-9,13H2,1H3. The minimum Gasteiger partial charge on any atom is -0.313 e. The molecule has 1 unspecified atom stereocenters. The summed E-state index contributed by atoms with van der Waals surface area (Å²) in [6.07, 6.45) is 2.40. The highest BCUT2D eigenvalue weighted by atomic mass is 32.2. The van der Waals surface area contributed by atoms with Gasteiger partial charge in [-0.25, -0.2) is 0 Å². The molecule has 0 aromatic rings. The SMILES string of the molecule is CCC(N)(C#N)CCCN1CCS(=O)CC1. The summed E-state index contributed by atoms with van der Waals surface area (Å²) >= 11 is 0. The van der Waals surface area contributed by atoms with Gasteiger partial charge in [0.2, 0.25) is 0 Å². The molecule has 2 N–H and O–H groups in total. The third-order valence-corrected chi connectivity index (χ3v) is 4.50. The molecule has 4 nitrogen and oxygen atoms in total. The fraction of sp³-hybridized carbons (Fsp3) is 0.909. The van der Waals surface area contributed by atoms with Crippen LogP contribution in [0.5, 0.6) is 0 Å². The highest BCUT2D eigenvalue weighted by molar-refractivity contribution is 7.85. The van der Waals surface area contributed by atoms with Gasteiger partial charge in [0.1, 0.15) is 5.54 Å². The van der Waals surface area contributed by atoms with Crippen LogP contribution in [0.4, 0.5) is 0 Å². The van der Waals surface area contributed by atoms with E-state index in [1.165, 1.54) is 0 Å². The lowest BCUT2D eigenvalue weighted by Crippen LogP contribution is -2.41. The Morgan fingerprint density at radius 1 is 1.50 bits per heavy atom. The molecule has 1 saturated heterocycles. The van der Waals surface area contributed by atoms with Gasteiger partial charge in [0.05, 0.1) is 6.07 Å². The maximum Gasteiger partial charge on any atom is 0.104 e. The van der Waals surface area contributed by atoms with E-state index in [-0.39, 0.29) is 0 Å². The molecular weight excluding hydrogens is 222 g/mol. The monoisotopic (exact) mass is 243 g/mol. The lowest BCUT2D eigenvalue weighted by atomic mass is 9.93. The number of hydrogen-bond donors (Lipinski definition) is 1. The molecular formula is C11H21N3OS. The quantitative estimate of drug-likeness (QED) is 0.761. The average molecular weight is 243 g/mol. The van der Waals surface area contributed by atoms with E-state index < -0.39 is 16.3 Å². The highest BCUT2D eigenvalue weighted by Crippen LogP contribution is 2.13. The zero-order valence-electron chi connectivity index (χ0n) is 9.95. The van der Waals surface area contributed by atoms with Crippen LogP contribution < -0.4 is 5.73 Å². The average Bonchev–Trinajstić information content (AvgIpc) is 2.31. The van der Waals surface area contributed by atoms with Gasteiger partial charge in [-0.2, -0.15) is 5.26 Å². The molecule has 1 heterocycles. The topological polar surface area (TPSA) is 70.1 Å². The maximum atomic E-state index is 11.2. The molecule has 0 radical (unpaired) electrons. The predicted molar refractivity (Wildman–Crippen MR) is 66.4 cm³/mol. The van der Waals surface area contributed by atoms with Crippen molar-refractivity contribution < 1.29 is 4.21 Å². The number of rotatable bonds is 5. The van der Waals surface area contributed by atoms with Gasteiger partial charge in [-0.3, -0.25) is 4.21 Å².